The van der Waals surface area contributed by atoms with Crippen molar-refractivity contribution in [2.45, 2.75) is 20.8 Å². The Kier molecular flexibility index (Phi) is 6.19. The minimum absolute atomic E-state index is 0.162. The second kappa shape index (κ2) is 8.97. The molecule has 1 aromatic heterocycles. The van der Waals surface area contributed by atoms with E-state index in [1.54, 1.807) is 30.5 Å². The van der Waals surface area contributed by atoms with E-state index in [-0.39, 0.29) is 11.9 Å². The number of hydrogen-bond donors (Lipinski definition) is 1. The third-order valence-corrected chi connectivity index (χ3v) is 4.39. The van der Waals surface area contributed by atoms with Crippen molar-refractivity contribution in [1.82, 2.24) is 4.98 Å². The summed E-state index contributed by atoms with van der Waals surface area (Å²) in [6.07, 6.45) is 5.49. The molecule has 5 heteroatoms. The second-order valence-electron chi connectivity index (χ2n) is 6.75. The predicted octanol–water partition coefficient (Wildman–Crippen LogP) is 5.05. The number of benzene rings is 2. The number of carbonyl (C=O) groups is 2. The van der Waals surface area contributed by atoms with Crippen LogP contribution in [-0.4, -0.2) is 16.9 Å². The number of nitrogens with one attached hydrogen (secondary N) is 1. The third kappa shape index (κ3) is 5.62. The normalized spacial score (nSPS) is 10.7. The minimum atomic E-state index is -0.376. The fourth-order valence-corrected chi connectivity index (χ4v) is 2.67. The highest BCUT2D eigenvalue weighted by Crippen LogP contribution is 2.18. The Morgan fingerprint density at radius 3 is 2.31 bits per heavy atom. The topological polar surface area (TPSA) is 68.3 Å². The maximum atomic E-state index is 12.3. The molecule has 1 heterocycles. The molecule has 0 aliphatic heterocycles. The van der Waals surface area contributed by atoms with Crippen molar-refractivity contribution >= 4 is 29.8 Å². The Labute approximate surface area is 170 Å². The summed E-state index contributed by atoms with van der Waals surface area (Å²) in [4.78, 5) is 27.5. The van der Waals surface area contributed by atoms with E-state index in [4.69, 9.17) is 4.74 Å². The molecule has 0 bridgehead atoms. The van der Waals surface area contributed by atoms with Crippen LogP contribution in [0.25, 0.3) is 12.2 Å². The Morgan fingerprint density at radius 2 is 1.62 bits per heavy atom. The summed E-state index contributed by atoms with van der Waals surface area (Å²) < 4.78 is 5.45. The van der Waals surface area contributed by atoms with Gasteiger partial charge >= 0.3 is 5.97 Å². The number of aryl methyl sites for hydroxylation is 2. The van der Waals surface area contributed by atoms with Gasteiger partial charge in [-0.25, -0.2) is 9.78 Å². The number of hydrogen-bond acceptors (Lipinski definition) is 4. The molecule has 1 N–H and O–H groups in total. The molecule has 0 spiro atoms. The van der Waals surface area contributed by atoms with Crippen LogP contribution in [0, 0.1) is 13.8 Å². The monoisotopic (exact) mass is 386 g/mol. The van der Waals surface area contributed by atoms with Gasteiger partial charge in [-0.1, -0.05) is 30.4 Å². The number of rotatable bonds is 5. The summed E-state index contributed by atoms with van der Waals surface area (Å²) in [5, 5.41) is 2.66. The Hall–Kier alpha value is -3.73. The summed E-state index contributed by atoms with van der Waals surface area (Å²) in [6, 6.07) is 16.4. The lowest BCUT2D eigenvalue weighted by Gasteiger charge is -2.07. The van der Waals surface area contributed by atoms with Crippen LogP contribution in [0.1, 0.15) is 39.5 Å². The Morgan fingerprint density at radius 1 is 0.897 bits per heavy atom. The van der Waals surface area contributed by atoms with Gasteiger partial charge in [-0.15, -0.1) is 0 Å². The van der Waals surface area contributed by atoms with Crippen LogP contribution >= 0.6 is 0 Å². The first-order valence-corrected chi connectivity index (χ1v) is 9.22. The molecular formula is C24H22N2O3. The molecule has 0 saturated heterocycles. The molecule has 0 unspecified atom stereocenters. The molecule has 3 rings (SSSR count). The van der Waals surface area contributed by atoms with Gasteiger partial charge in [0.05, 0.1) is 5.56 Å². The summed E-state index contributed by atoms with van der Waals surface area (Å²) in [7, 11) is 0. The van der Waals surface area contributed by atoms with Crippen LogP contribution in [0.5, 0.6) is 5.75 Å². The standard InChI is InChI=1S/C24H22N2O3/c1-16-4-9-21(14-17(16)2)24(28)29-22-10-7-19(8-11-22)5-6-20-12-13-25-23(15-20)26-18(3)27/h4-15H,1-3H3,(H,25,26,27)/b6-5+. The molecule has 5 nitrogen and oxygen atoms in total. The smallest absolute Gasteiger partial charge is 0.343 e. The maximum absolute atomic E-state index is 12.3. The van der Waals surface area contributed by atoms with Crippen molar-refractivity contribution in [3.8, 4) is 5.75 Å². The first kappa shape index (κ1) is 20.0. The van der Waals surface area contributed by atoms with Crippen LogP contribution in [0.15, 0.2) is 60.8 Å². The van der Waals surface area contributed by atoms with Gasteiger partial charge in [-0.05, 0) is 72.5 Å². The molecule has 0 saturated carbocycles. The highest BCUT2D eigenvalue weighted by molar-refractivity contribution is 5.91. The van der Waals surface area contributed by atoms with Crippen molar-refractivity contribution in [1.29, 1.82) is 0 Å². The van der Waals surface area contributed by atoms with Gasteiger partial charge in [-0.2, -0.15) is 0 Å². The van der Waals surface area contributed by atoms with Crippen molar-refractivity contribution in [2.75, 3.05) is 5.32 Å². The Bertz CT molecular complexity index is 1070. The summed E-state index contributed by atoms with van der Waals surface area (Å²) >= 11 is 0. The molecule has 0 fully saturated rings. The van der Waals surface area contributed by atoms with Crippen molar-refractivity contribution in [3.63, 3.8) is 0 Å². The zero-order chi connectivity index (χ0) is 20.8. The predicted molar refractivity (Wildman–Crippen MR) is 115 cm³/mol. The molecule has 3 aromatic rings. The third-order valence-electron chi connectivity index (χ3n) is 4.39. The van der Waals surface area contributed by atoms with Gasteiger partial charge < -0.3 is 10.1 Å². The number of aromatic nitrogens is 1. The van der Waals surface area contributed by atoms with Gasteiger partial charge in [0.2, 0.25) is 5.91 Å². The minimum Gasteiger partial charge on any atom is -0.423 e. The molecule has 0 radical (unpaired) electrons. The summed E-state index contributed by atoms with van der Waals surface area (Å²) in [6.45, 7) is 5.41. The van der Waals surface area contributed by atoms with Crippen molar-refractivity contribution in [2.24, 2.45) is 0 Å². The zero-order valence-corrected chi connectivity index (χ0v) is 16.6. The highest BCUT2D eigenvalue weighted by atomic mass is 16.5. The highest BCUT2D eigenvalue weighted by Gasteiger charge is 2.09. The van der Waals surface area contributed by atoms with Gasteiger partial charge in [0.25, 0.3) is 0 Å². The van der Waals surface area contributed by atoms with Gasteiger partial charge in [0, 0.05) is 13.1 Å². The van der Waals surface area contributed by atoms with E-state index in [0.29, 0.717) is 17.1 Å². The molecule has 1 amide bonds. The van der Waals surface area contributed by atoms with Gasteiger partial charge in [-0.3, -0.25) is 4.79 Å². The van der Waals surface area contributed by atoms with Crippen LogP contribution in [0.4, 0.5) is 5.82 Å². The quantitative estimate of drug-likeness (QED) is 0.492. The molecule has 0 atom stereocenters. The summed E-state index contributed by atoms with van der Waals surface area (Å²) in [5.41, 5.74) is 4.58. The van der Waals surface area contributed by atoms with E-state index in [0.717, 1.165) is 22.3 Å². The van der Waals surface area contributed by atoms with E-state index >= 15 is 0 Å². The number of nitrogens with zero attached hydrogens (tertiary/aromatic N) is 1. The number of ether oxygens (including phenoxy) is 1. The first-order valence-electron chi connectivity index (χ1n) is 9.22. The van der Waals surface area contributed by atoms with Gasteiger partial charge in [0.1, 0.15) is 11.6 Å². The van der Waals surface area contributed by atoms with E-state index in [1.165, 1.54) is 6.92 Å². The second-order valence-corrected chi connectivity index (χ2v) is 6.75. The van der Waals surface area contributed by atoms with Crippen LogP contribution in [0.2, 0.25) is 0 Å². The molecule has 2 aromatic carbocycles. The van der Waals surface area contributed by atoms with Crippen molar-refractivity contribution in [3.05, 3.63) is 88.6 Å². The van der Waals surface area contributed by atoms with Crippen LogP contribution in [-0.2, 0) is 4.79 Å². The van der Waals surface area contributed by atoms with Crippen LogP contribution < -0.4 is 10.1 Å². The molecular weight excluding hydrogens is 364 g/mol. The lowest BCUT2D eigenvalue weighted by atomic mass is 10.1. The van der Waals surface area contributed by atoms with Gasteiger partial charge in [0.15, 0.2) is 0 Å². The average Bonchev–Trinajstić information content (AvgIpc) is 2.69. The molecule has 29 heavy (non-hydrogen) atoms. The number of esters is 1. The van der Waals surface area contributed by atoms with Crippen LogP contribution in [0.3, 0.4) is 0 Å². The lowest BCUT2D eigenvalue weighted by Crippen LogP contribution is -2.08. The van der Waals surface area contributed by atoms with E-state index < -0.39 is 0 Å². The zero-order valence-electron chi connectivity index (χ0n) is 16.6. The maximum Gasteiger partial charge on any atom is 0.343 e. The molecule has 0 aliphatic rings. The number of amides is 1. The summed E-state index contributed by atoms with van der Waals surface area (Å²) in [5.74, 6) is 0.457. The van der Waals surface area contributed by atoms with E-state index in [9.17, 15) is 9.59 Å². The van der Waals surface area contributed by atoms with Crippen molar-refractivity contribution < 1.29 is 14.3 Å². The Balaban J connectivity index is 1.65. The molecule has 0 aliphatic carbocycles. The number of pyridine rings is 1. The SMILES string of the molecule is CC(=O)Nc1cc(/C=C/c2ccc(OC(=O)c3ccc(C)c(C)c3)cc2)ccn1. The number of anilines is 1. The van der Waals surface area contributed by atoms with E-state index in [1.807, 2.05) is 56.3 Å². The average molecular weight is 386 g/mol. The van der Waals surface area contributed by atoms with E-state index in [2.05, 4.69) is 10.3 Å². The first-order chi connectivity index (χ1) is 13.9. The molecule has 146 valence electrons. The lowest BCUT2D eigenvalue weighted by molar-refractivity contribution is -0.114. The fraction of sp³-hybridized carbons (Fsp3) is 0.125. The largest absolute Gasteiger partial charge is 0.423 e. The fourth-order valence-electron chi connectivity index (χ4n) is 2.67. The number of carbonyl (C=O) groups excluding carboxylic acids is 2.